The molecule has 0 aromatic heterocycles. The first-order chi connectivity index (χ1) is 13.8. The van der Waals surface area contributed by atoms with Gasteiger partial charge < -0.3 is 19.7 Å². The van der Waals surface area contributed by atoms with Gasteiger partial charge in [0.2, 0.25) is 0 Å². The Morgan fingerprint density at radius 2 is 1.97 bits per heavy atom. The molecule has 0 aliphatic carbocycles. The zero-order valence-electron chi connectivity index (χ0n) is 16.8. The van der Waals surface area contributed by atoms with Gasteiger partial charge in [-0.2, -0.15) is 5.26 Å². The maximum atomic E-state index is 12.5. The fraction of sp³-hybridized carbons (Fsp3) is 0.273. The highest BCUT2D eigenvalue weighted by molar-refractivity contribution is 7.84. The molecule has 29 heavy (non-hydrogen) atoms. The number of hydrogen-bond acceptors (Lipinski definition) is 6. The number of anilines is 1. The number of aryl methyl sites for hydroxylation is 1. The first-order valence-corrected chi connectivity index (χ1v) is 9.65. The summed E-state index contributed by atoms with van der Waals surface area (Å²) in [6.45, 7) is 5.86. The molecular weight excluding hydrogens is 386 g/mol. The van der Waals surface area contributed by atoms with Crippen LogP contribution in [0.25, 0.3) is 0 Å². The molecule has 7 heteroatoms. The molecule has 2 aromatic carbocycles. The molecule has 1 atom stereocenters. The molecular formula is C22H23N3O3S. The van der Waals surface area contributed by atoms with Crippen LogP contribution in [0.1, 0.15) is 31.1 Å². The number of hydrogen-bond donors (Lipinski definition) is 2. The molecule has 0 fully saturated rings. The fourth-order valence-electron chi connectivity index (χ4n) is 3.19. The van der Waals surface area contributed by atoms with Crippen LogP contribution < -0.4 is 19.7 Å². The van der Waals surface area contributed by atoms with Crippen molar-refractivity contribution in [2.24, 2.45) is 0 Å². The molecule has 6 nitrogen and oxygen atoms in total. The predicted octanol–water partition coefficient (Wildman–Crippen LogP) is 4.09. The van der Waals surface area contributed by atoms with Crippen molar-refractivity contribution in [3.63, 3.8) is 0 Å². The molecule has 1 N–H and O–H groups in total. The number of carbonyl (C=O) groups excluding carboxylic acids is 1. The Morgan fingerprint density at radius 3 is 2.59 bits per heavy atom. The van der Waals surface area contributed by atoms with Crippen LogP contribution in [0.3, 0.4) is 0 Å². The minimum atomic E-state index is -0.559. The summed E-state index contributed by atoms with van der Waals surface area (Å²) in [6, 6.07) is 15.2. The third kappa shape index (κ3) is 4.17. The Bertz CT molecular complexity index is 1010. The lowest BCUT2D eigenvalue weighted by Gasteiger charge is -2.38. The molecule has 2 aromatic rings. The summed E-state index contributed by atoms with van der Waals surface area (Å²) >= 11 is 4.53. The molecule has 1 aliphatic rings. The van der Waals surface area contributed by atoms with Gasteiger partial charge in [0.25, 0.3) is 5.91 Å². The van der Waals surface area contributed by atoms with Crippen LogP contribution in [0.4, 0.5) is 5.69 Å². The third-order valence-corrected chi connectivity index (χ3v) is 4.90. The molecule has 0 bridgehead atoms. The highest BCUT2D eigenvalue weighted by Gasteiger charge is 2.34. The molecule has 0 saturated heterocycles. The van der Waals surface area contributed by atoms with Gasteiger partial charge in [0, 0.05) is 5.69 Å². The van der Waals surface area contributed by atoms with Crippen LogP contribution in [0, 0.1) is 18.3 Å². The Hall–Kier alpha value is -3.11. The Labute approximate surface area is 176 Å². The van der Waals surface area contributed by atoms with E-state index in [1.165, 1.54) is 0 Å². The number of benzene rings is 2. The van der Waals surface area contributed by atoms with E-state index in [0.717, 1.165) is 16.8 Å². The molecule has 0 radical (unpaired) electrons. The Morgan fingerprint density at radius 1 is 1.21 bits per heavy atom. The van der Waals surface area contributed by atoms with Gasteiger partial charge in [0.05, 0.1) is 18.2 Å². The second-order valence-corrected chi connectivity index (χ2v) is 7.40. The van der Waals surface area contributed by atoms with Crippen LogP contribution in [0.5, 0.6) is 11.5 Å². The summed E-state index contributed by atoms with van der Waals surface area (Å²) in [6.07, 6.45) is -0.561. The number of amides is 1. The Balaban J connectivity index is 2.12. The van der Waals surface area contributed by atoms with Gasteiger partial charge in [-0.15, -0.1) is 12.6 Å². The molecule has 1 aliphatic heterocycles. The molecule has 1 unspecified atom stereocenters. The maximum absolute atomic E-state index is 12.5. The Kier molecular flexibility index (Phi) is 6.04. The van der Waals surface area contributed by atoms with E-state index in [1.807, 2.05) is 74.2 Å². The second kappa shape index (κ2) is 8.50. The molecule has 0 saturated carbocycles. The van der Waals surface area contributed by atoms with Gasteiger partial charge in [-0.1, -0.05) is 18.2 Å². The van der Waals surface area contributed by atoms with Crippen molar-refractivity contribution in [1.82, 2.24) is 5.32 Å². The minimum absolute atomic E-state index is 0.00177. The average molecular weight is 410 g/mol. The quantitative estimate of drug-likeness (QED) is 0.728. The van der Waals surface area contributed by atoms with E-state index in [2.05, 4.69) is 17.9 Å². The molecule has 3 rings (SSSR count). The van der Waals surface area contributed by atoms with Crippen LogP contribution in [-0.4, -0.2) is 19.1 Å². The van der Waals surface area contributed by atoms with Gasteiger partial charge >= 0.3 is 0 Å². The normalized spacial score (nSPS) is 16.5. The van der Waals surface area contributed by atoms with E-state index in [9.17, 15) is 10.1 Å². The van der Waals surface area contributed by atoms with Crippen LogP contribution in [-0.2, 0) is 4.79 Å². The number of nitriles is 1. The largest absolute Gasteiger partial charge is 0.493 e. The number of carbonyl (C=O) groups is 1. The molecule has 1 heterocycles. The maximum Gasteiger partial charge on any atom is 0.266 e. The average Bonchev–Trinajstić information content (AvgIpc) is 2.67. The van der Waals surface area contributed by atoms with Crippen LogP contribution in [0.2, 0.25) is 0 Å². The first kappa shape index (κ1) is 20.6. The summed E-state index contributed by atoms with van der Waals surface area (Å²) < 4.78 is 11.3. The summed E-state index contributed by atoms with van der Waals surface area (Å²) in [5.74, 6) is 0.716. The van der Waals surface area contributed by atoms with Crippen molar-refractivity contribution in [2.75, 3.05) is 12.0 Å². The zero-order chi connectivity index (χ0) is 21.1. The van der Waals surface area contributed by atoms with Crippen molar-refractivity contribution in [1.29, 1.82) is 5.26 Å². The van der Waals surface area contributed by atoms with E-state index in [1.54, 1.807) is 7.11 Å². The fourth-order valence-corrected chi connectivity index (χ4v) is 3.58. The highest BCUT2D eigenvalue weighted by atomic mass is 32.1. The minimum Gasteiger partial charge on any atom is -0.493 e. The van der Waals surface area contributed by atoms with Crippen molar-refractivity contribution in [3.05, 3.63) is 64.2 Å². The smallest absolute Gasteiger partial charge is 0.266 e. The monoisotopic (exact) mass is 409 g/mol. The van der Waals surface area contributed by atoms with Crippen LogP contribution >= 0.6 is 12.6 Å². The van der Waals surface area contributed by atoms with E-state index in [-0.39, 0.29) is 11.7 Å². The van der Waals surface area contributed by atoms with Crippen molar-refractivity contribution in [3.8, 4) is 17.6 Å². The number of nitrogens with zero attached hydrogens (tertiary/aromatic N) is 2. The summed E-state index contributed by atoms with van der Waals surface area (Å²) in [5, 5.41) is 12.6. The van der Waals surface area contributed by atoms with Crippen LogP contribution in [0.15, 0.2) is 53.1 Å². The van der Waals surface area contributed by atoms with E-state index >= 15 is 0 Å². The van der Waals surface area contributed by atoms with E-state index < -0.39 is 12.1 Å². The van der Waals surface area contributed by atoms with E-state index in [4.69, 9.17) is 9.47 Å². The van der Waals surface area contributed by atoms with Gasteiger partial charge in [0.15, 0.2) is 11.5 Å². The SMILES string of the molecule is COc1cc(C2NC(=O)C(C#N)=C(S)N2c2cccc(C)c2)ccc1OC(C)C. The van der Waals surface area contributed by atoms with Crippen molar-refractivity contribution >= 4 is 24.2 Å². The molecule has 150 valence electrons. The van der Waals surface area contributed by atoms with Crippen molar-refractivity contribution < 1.29 is 14.3 Å². The zero-order valence-corrected chi connectivity index (χ0v) is 17.7. The lowest BCUT2D eigenvalue weighted by atomic mass is 10.1. The number of ether oxygens (including phenoxy) is 2. The topological polar surface area (TPSA) is 74.6 Å². The number of rotatable bonds is 5. The predicted molar refractivity (Wildman–Crippen MR) is 115 cm³/mol. The number of methoxy groups -OCH3 is 1. The highest BCUT2D eigenvalue weighted by Crippen LogP contribution is 2.38. The molecule has 1 amide bonds. The number of thiol groups is 1. The second-order valence-electron chi connectivity index (χ2n) is 6.97. The van der Waals surface area contributed by atoms with Gasteiger partial charge in [-0.05, 0) is 56.2 Å². The van der Waals surface area contributed by atoms with Gasteiger partial charge in [-0.3, -0.25) is 4.79 Å². The summed E-state index contributed by atoms with van der Waals surface area (Å²) in [7, 11) is 1.57. The summed E-state index contributed by atoms with van der Waals surface area (Å²) in [4.78, 5) is 14.3. The molecule has 0 spiro atoms. The third-order valence-electron chi connectivity index (χ3n) is 4.46. The first-order valence-electron chi connectivity index (χ1n) is 9.20. The van der Waals surface area contributed by atoms with Crippen molar-refractivity contribution in [2.45, 2.75) is 33.0 Å². The lowest BCUT2D eigenvalue weighted by Crippen LogP contribution is -2.46. The van der Waals surface area contributed by atoms with E-state index in [0.29, 0.717) is 16.5 Å². The summed E-state index contributed by atoms with van der Waals surface area (Å²) in [5.41, 5.74) is 2.61. The lowest BCUT2D eigenvalue weighted by molar-refractivity contribution is -0.118. The number of nitrogens with one attached hydrogen (secondary N) is 1. The van der Waals surface area contributed by atoms with Gasteiger partial charge in [-0.25, -0.2) is 0 Å². The van der Waals surface area contributed by atoms with Gasteiger partial charge in [0.1, 0.15) is 17.8 Å². The standard InChI is InChI=1S/C22H23N3O3S/c1-13(2)28-18-9-8-15(11-19(18)27-4)20-24-21(26)17(12-23)22(29)25(20)16-7-5-6-14(3)10-16/h5-11,13,20,29H,1-4H3,(H,24,26).